The third kappa shape index (κ3) is 1.54. The van der Waals surface area contributed by atoms with Crippen molar-refractivity contribution < 1.29 is 9.18 Å². The quantitative estimate of drug-likeness (QED) is 0.750. The second kappa shape index (κ2) is 3.50. The number of aromatic amines is 1. The standard InChI is InChI=1S/C12H12FNO/c1-7(2)12-10(6-15)9-5-8(13)3-4-11(9)14-12/h3-7,14H,1-2H3. The van der Waals surface area contributed by atoms with Crippen LogP contribution in [0.2, 0.25) is 0 Å². The molecule has 1 aromatic carbocycles. The van der Waals surface area contributed by atoms with Gasteiger partial charge in [-0.2, -0.15) is 0 Å². The number of aromatic nitrogens is 1. The number of H-pyrrole nitrogens is 1. The third-order valence-electron chi connectivity index (χ3n) is 2.53. The number of carbonyl (C=O) groups is 1. The van der Waals surface area contributed by atoms with Crippen LogP contribution in [-0.2, 0) is 0 Å². The number of aldehydes is 1. The molecule has 0 fully saturated rings. The van der Waals surface area contributed by atoms with E-state index in [4.69, 9.17) is 0 Å². The number of nitrogens with one attached hydrogen (secondary N) is 1. The van der Waals surface area contributed by atoms with Crippen molar-refractivity contribution >= 4 is 17.2 Å². The minimum atomic E-state index is -0.320. The first-order valence-corrected chi connectivity index (χ1v) is 4.89. The maximum Gasteiger partial charge on any atom is 0.152 e. The van der Waals surface area contributed by atoms with Crippen molar-refractivity contribution in [1.29, 1.82) is 0 Å². The molecule has 0 radical (unpaired) electrons. The third-order valence-corrected chi connectivity index (χ3v) is 2.53. The van der Waals surface area contributed by atoms with E-state index in [2.05, 4.69) is 4.98 Å². The number of halogens is 1. The largest absolute Gasteiger partial charge is 0.358 e. The zero-order valence-electron chi connectivity index (χ0n) is 8.67. The Morgan fingerprint density at radius 1 is 1.40 bits per heavy atom. The van der Waals surface area contributed by atoms with E-state index in [9.17, 15) is 9.18 Å². The fraction of sp³-hybridized carbons (Fsp3) is 0.250. The Balaban J connectivity index is 2.79. The van der Waals surface area contributed by atoms with Gasteiger partial charge in [0, 0.05) is 22.2 Å². The Morgan fingerprint density at radius 2 is 2.13 bits per heavy atom. The molecule has 0 atom stereocenters. The highest BCUT2D eigenvalue weighted by molar-refractivity contribution is 5.99. The Bertz CT molecular complexity index is 514. The predicted octanol–water partition coefficient (Wildman–Crippen LogP) is 3.24. The maximum atomic E-state index is 13.0. The molecule has 0 saturated heterocycles. The molecule has 3 heteroatoms. The summed E-state index contributed by atoms with van der Waals surface area (Å²) in [6.45, 7) is 3.99. The molecule has 0 aliphatic carbocycles. The summed E-state index contributed by atoms with van der Waals surface area (Å²) in [5, 5.41) is 0.661. The number of rotatable bonds is 2. The highest BCUT2D eigenvalue weighted by Gasteiger charge is 2.13. The second-order valence-electron chi connectivity index (χ2n) is 3.91. The normalized spacial score (nSPS) is 11.2. The van der Waals surface area contributed by atoms with E-state index in [-0.39, 0.29) is 11.7 Å². The lowest BCUT2D eigenvalue weighted by atomic mass is 10.0. The van der Waals surface area contributed by atoms with E-state index >= 15 is 0 Å². The molecule has 0 spiro atoms. The Labute approximate surface area is 87.1 Å². The highest BCUT2D eigenvalue weighted by atomic mass is 19.1. The number of hydrogen-bond donors (Lipinski definition) is 1. The maximum absolute atomic E-state index is 13.0. The molecule has 1 aromatic heterocycles. The van der Waals surface area contributed by atoms with E-state index in [0.717, 1.165) is 17.5 Å². The van der Waals surface area contributed by atoms with E-state index in [1.165, 1.54) is 12.1 Å². The van der Waals surface area contributed by atoms with Crippen LogP contribution in [0.25, 0.3) is 10.9 Å². The van der Waals surface area contributed by atoms with Crippen molar-refractivity contribution in [2.45, 2.75) is 19.8 Å². The fourth-order valence-corrected chi connectivity index (χ4v) is 1.79. The number of hydrogen-bond acceptors (Lipinski definition) is 1. The number of carbonyl (C=O) groups excluding carboxylic acids is 1. The molecule has 2 nitrogen and oxygen atoms in total. The van der Waals surface area contributed by atoms with Gasteiger partial charge in [-0.15, -0.1) is 0 Å². The molecule has 0 aliphatic heterocycles. The van der Waals surface area contributed by atoms with Gasteiger partial charge in [-0.25, -0.2) is 4.39 Å². The summed E-state index contributed by atoms with van der Waals surface area (Å²) in [6.07, 6.45) is 0.785. The van der Waals surface area contributed by atoms with Crippen LogP contribution in [0, 0.1) is 5.82 Å². The van der Waals surface area contributed by atoms with Gasteiger partial charge in [-0.3, -0.25) is 4.79 Å². The van der Waals surface area contributed by atoms with Crippen LogP contribution >= 0.6 is 0 Å². The van der Waals surface area contributed by atoms with Crippen molar-refractivity contribution in [3.8, 4) is 0 Å². The van der Waals surface area contributed by atoms with E-state index in [0.29, 0.717) is 10.9 Å². The predicted molar refractivity (Wildman–Crippen MR) is 57.7 cm³/mol. The van der Waals surface area contributed by atoms with Crippen LogP contribution in [-0.4, -0.2) is 11.3 Å². The van der Waals surface area contributed by atoms with Gasteiger partial charge in [-0.05, 0) is 24.1 Å². The first kappa shape index (κ1) is 9.90. The van der Waals surface area contributed by atoms with Gasteiger partial charge in [0.2, 0.25) is 0 Å². The van der Waals surface area contributed by atoms with Gasteiger partial charge in [0.1, 0.15) is 5.82 Å². The van der Waals surface area contributed by atoms with Gasteiger partial charge in [-0.1, -0.05) is 13.8 Å². The molecule has 1 N–H and O–H groups in total. The lowest BCUT2D eigenvalue weighted by Crippen LogP contribution is -1.92. The van der Waals surface area contributed by atoms with Crippen LogP contribution in [0.3, 0.4) is 0 Å². The van der Waals surface area contributed by atoms with Gasteiger partial charge >= 0.3 is 0 Å². The van der Waals surface area contributed by atoms with E-state index in [1.54, 1.807) is 6.07 Å². The molecule has 2 rings (SSSR count). The highest BCUT2D eigenvalue weighted by Crippen LogP contribution is 2.26. The zero-order chi connectivity index (χ0) is 11.0. The monoisotopic (exact) mass is 205 g/mol. The lowest BCUT2D eigenvalue weighted by molar-refractivity contribution is 0.112. The molecule has 0 bridgehead atoms. The first-order valence-electron chi connectivity index (χ1n) is 4.89. The summed E-state index contributed by atoms with van der Waals surface area (Å²) in [5.41, 5.74) is 2.24. The Hall–Kier alpha value is -1.64. The minimum absolute atomic E-state index is 0.223. The molecule has 0 amide bonds. The summed E-state index contributed by atoms with van der Waals surface area (Å²) in [6, 6.07) is 4.43. The van der Waals surface area contributed by atoms with Gasteiger partial charge < -0.3 is 4.98 Å². The second-order valence-corrected chi connectivity index (χ2v) is 3.91. The number of fused-ring (bicyclic) bond motifs is 1. The van der Waals surface area contributed by atoms with Crippen LogP contribution in [0.5, 0.6) is 0 Å². The molecular weight excluding hydrogens is 193 g/mol. The molecule has 2 aromatic rings. The van der Waals surface area contributed by atoms with Crippen LogP contribution in [0.4, 0.5) is 4.39 Å². The molecular formula is C12H12FNO. The van der Waals surface area contributed by atoms with E-state index in [1.807, 2.05) is 13.8 Å². The molecule has 78 valence electrons. The Morgan fingerprint density at radius 3 is 2.73 bits per heavy atom. The summed E-state index contributed by atoms with van der Waals surface area (Å²) in [4.78, 5) is 14.1. The number of benzene rings is 1. The van der Waals surface area contributed by atoms with E-state index < -0.39 is 0 Å². The van der Waals surface area contributed by atoms with Crippen LogP contribution in [0.15, 0.2) is 18.2 Å². The van der Waals surface area contributed by atoms with Crippen molar-refractivity contribution in [2.75, 3.05) is 0 Å². The van der Waals surface area contributed by atoms with Gasteiger partial charge in [0.05, 0.1) is 0 Å². The van der Waals surface area contributed by atoms with Gasteiger partial charge in [0.15, 0.2) is 6.29 Å². The summed E-state index contributed by atoms with van der Waals surface area (Å²) in [5.74, 6) is -0.0967. The van der Waals surface area contributed by atoms with Crippen molar-refractivity contribution in [1.82, 2.24) is 4.98 Å². The van der Waals surface area contributed by atoms with Crippen molar-refractivity contribution in [3.63, 3.8) is 0 Å². The van der Waals surface area contributed by atoms with Crippen molar-refractivity contribution in [2.24, 2.45) is 0 Å². The summed E-state index contributed by atoms with van der Waals surface area (Å²) < 4.78 is 13.0. The smallest absolute Gasteiger partial charge is 0.152 e. The molecule has 0 unspecified atom stereocenters. The van der Waals surface area contributed by atoms with Gasteiger partial charge in [0.25, 0.3) is 0 Å². The average Bonchev–Trinajstić information content (AvgIpc) is 2.55. The molecule has 15 heavy (non-hydrogen) atoms. The molecule has 0 aliphatic rings. The van der Waals surface area contributed by atoms with Crippen LogP contribution in [0.1, 0.15) is 35.8 Å². The lowest BCUT2D eigenvalue weighted by Gasteiger charge is -2.01. The Kier molecular flexibility index (Phi) is 2.31. The fourth-order valence-electron chi connectivity index (χ4n) is 1.79. The molecule has 0 saturated carbocycles. The topological polar surface area (TPSA) is 32.9 Å². The first-order chi connectivity index (χ1) is 7.13. The summed E-state index contributed by atoms with van der Waals surface area (Å²) >= 11 is 0. The van der Waals surface area contributed by atoms with Crippen molar-refractivity contribution in [3.05, 3.63) is 35.3 Å². The minimum Gasteiger partial charge on any atom is -0.358 e. The summed E-state index contributed by atoms with van der Waals surface area (Å²) in [7, 11) is 0. The average molecular weight is 205 g/mol. The van der Waals surface area contributed by atoms with Crippen LogP contribution < -0.4 is 0 Å². The molecule has 1 heterocycles. The SMILES string of the molecule is CC(C)c1[nH]c2ccc(F)cc2c1C=O. The zero-order valence-corrected chi connectivity index (χ0v) is 8.67.